The van der Waals surface area contributed by atoms with Gasteiger partial charge in [-0.1, -0.05) is 50.1 Å². The number of benzene rings is 1. The van der Waals surface area contributed by atoms with E-state index in [-0.39, 0.29) is 0 Å². The molecule has 1 rings (SSSR count). The molecular weight excluding hydrogens is 218 g/mol. The van der Waals surface area contributed by atoms with Crippen molar-refractivity contribution in [1.29, 1.82) is 0 Å². The zero-order valence-corrected chi connectivity index (χ0v) is 10.8. The molecule has 0 saturated carbocycles. The lowest BCUT2D eigenvalue weighted by Gasteiger charge is -2.26. The number of para-hydroxylation sites is 1. The Morgan fingerprint density at radius 3 is 2.06 bits per heavy atom. The quantitative estimate of drug-likeness (QED) is 0.640. The van der Waals surface area contributed by atoms with Crippen LogP contribution in [-0.4, -0.2) is 0 Å². The SMILES string of the molecule is C=C/C=C(\C=C)N(/C(C=C)=C/C)c1ccccc1. The van der Waals surface area contributed by atoms with E-state index in [2.05, 4.69) is 24.6 Å². The van der Waals surface area contributed by atoms with E-state index in [0.717, 1.165) is 17.1 Å². The highest BCUT2D eigenvalue weighted by molar-refractivity contribution is 5.62. The predicted molar refractivity (Wildman–Crippen MR) is 81.4 cm³/mol. The van der Waals surface area contributed by atoms with Crippen LogP contribution in [0.4, 0.5) is 5.69 Å². The molecule has 1 nitrogen and oxygen atoms in total. The van der Waals surface area contributed by atoms with Gasteiger partial charge in [-0.3, -0.25) is 0 Å². The minimum absolute atomic E-state index is 0.962. The maximum absolute atomic E-state index is 3.86. The van der Waals surface area contributed by atoms with E-state index in [1.54, 1.807) is 6.08 Å². The second-order valence-corrected chi connectivity index (χ2v) is 3.62. The van der Waals surface area contributed by atoms with Gasteiger partial charge < -0.3 is 4.90 Å². The van der Waals surface area contributed by atoms with Crippen LogP contribution in [0, 0.1) is 0 Å². The average molecular weight is 237 g/mol. The van der Waals surface area contributed by atoms with Crippen LogP contribution < -0.4 is 4.90 Å². The van der Waals surface area contributed by atoms with Crippen LogP contribution in [0.5, 0.6) is 0 Å². The number of nitrogens with zero attached hydrogens (tertiary/aromatic N) is 1. The van der Waals surface area contributed by atoms with E-state index in [9.17, 15) is 0 Å². The highest BCUT2D eigenvalue weighted by Crippen LogP contribution is 2.25. The Bertz CT molecular complexity index is 478. The van der Waals surface area contributed by atoms with Crippen molar-refractivity contribution in [2.75, 3.05) is 4.90 Å². The normalized spacial score (nSPS) is 11.8. The molecule has 0 aliphatic heterocycles. The number of anilines is 1. The van der Waals surface area contributed by atoms with E-state index in [1.807, 2.05) is 61.6 Å². The van der Waals surface area contributed by atoms with Crippen molar-refractivity contribution in [2.45, 2.75) is 6.92 Å². The van der Waals surface area contributed by atoms with E-state index in [4.69, 9.17) is 0 Å². The highest BCUT2D eigenvalue weighted by atomic mass is 15.1. The molecule has 0 aromatic heterocycles. The second kappa shape index (κ2) is 7.13. The van der Waals surface area contributed by atoms with Crippen molar-refractivity contribution in [3.05, 3.63) is 91.8 Å². The molecule has 0 bridgehead atoms. The van der Waals surface area contributed by atoms with Gasteiger partial charge >= 0.3 is 0 Å². The molecule has 0 saturated heterocycles. The van der Waals surface area contributed by atoms with Crippen LogP contribution in [-0.2, 0) is 0 Å². The van der Waals surface area contributed by atoms with Crippen LogP contribution in [0.2, 0.25) is 0 Å². The van der Waals surface area contributed by atoms with Crippen LogP contribution >= 0.6 is 0 Å². The second-order valence-electron chi connectivity index (χ2n) is 3.62. The highest BCUT2D eigenvalue weighted by Gasteiger charge is 2.11. The Labute approximate surface area is 110 Å². The molecule has 0 fully saturated rings. The fourth-order valence-corrected chi connectivity index (χ4v) is 1.72. The lowest BCUT2D eigenvalue weighted by molar-refractivity contribution is 1.14. The van der Waals surface area contributed by atoms with Gasteiger partial charge in [0, 0.05) is 17.1 Å². The van der Waals surface area contributed by atoms with Crippen LogP contribution in [0.1, 0.15) is 6.92 Å². The van der Waals surface area contributed by atoms with Crippen molar-refractivity contribution in [3.8, 4) is 0 Å². The summed E-state index contributed by atoms with van der Waals surface area (Å²) in [7, 11) is 0. The first-order valence-corrected chi connectivity index (χ1v) is 5.87. The van der Waals surface area contributed by atoms with Crippen molar-refractivity contribution in [2.24, 2.45) is 0 Å². The Hall–Kier alpha value is -2.28. The molecule has 1 aromatic carbocycles. The average Bonchev–Trinajstić information content (AvgIpc) is 2.43. The molecule has 0 aliphatic rings. The number of allylic oxidation sites excluding steroid dienone is 5. The van der Waals surface area contributed by atoms with E-state index < -0.39 is 0 Å². The Balaban J connectivity index is 3.35. The third-order valence-electron chi connectivity index (χ3n) is 2.53. The molecule has 1 aromatic rings. The van der Waals surface area contributed by atoms with Crippen LogP contribution in [0.25, 0.3) is 0 Å². The summed E-state index contributed by atoms with van der Waals surface area (Å²) in [5.41, 5.74) is 3.04. The van der Waals surface area contributed by atoms with E-state index in [1.165, 1.54) is 0 Å². The molecule has 0 N–H and O–H groups in total. The summed E-state index contributed by atoms with van der Waals surface area (Å²) in [5, 5.41) is 0. The van der Waals surface area contributed by atoms with Gasteiger partial charge in [0.15, 0.2) is 0 Å². The fraction of sp³-hybridized carbons (Fsp3) is 0.0588. The Morgan fingerprint density at radius 1 is 1.00 bits per heavy atom. The third kappa shape index (κ3) is 3.11. The van der Waals surface area contributed by atoms with Gasteiger partial charge in [0.2, 0.25) is 0 Å². The molecule has 0 heterocycles. The van der Waals surface area contributed by atoms with Gasteiger partial charge in [-0.25, -0.2) is 0 Å². The molecule has 0 amide bonds. The van der Waals surface area contributed by atoms with Crippen molar-refractivity contribution >= 4 is 5.69 Å². The predicted octanol–water partition coefficient (Wildman–Crippen LogP) is 4.84. The Kier molecular flexibility index (Phi) is 5.46. The van der Waals surface area contributed by atoms with Gasteiger partial charge in [0.25, 0.3) is 0 Å². The lowest BCUT2D eigenvalue weighted by Crippen LogP contribution is -2.19. The molecule has 0 atom stereocenters. The smallest absolute Gasteiger partial charge is 0.0461 e. The molecule has 1 heteroatoms. The maximum atomic E-state index is 3.86. The first kappa shape index (κ1) is 13.8. The Morgan fingerprint density at radius 2 is 1.61 bits per heavy atom. The van der Waals surface area contributed by atoms with Gasteiger partial charge in [-0.05, 0) is 37.3 Å². The van der Waals surface area contributed by atoms with E-state index in [0.29, 0.717) is 0 Å². The fourth-order valence-electron chi connectivity index (χ4n) is 1.72. The molecule has 0 unspecified atom stereocenters. The summed E-state index contributed by atoms with van der Waals surface area (Å²) < 4.78 is 0. The molecule has 0 radical (unpaired) electrons. The lowest BCUT2D eigenvalue weighted by atomic mass is 10.2. The molecule has 0 spiro atoms. The monoisotopic (exact) mass is 237 g/mol. The minimum Gasteiger partial charge on any atom is -0.311 e. The molecular formula is C17H19N. The number of hydrogen-bond acceptors (Lipinski definition) is 1. The number of rotatable bonds is 6. The van der Waals surface area contributed by atoms with Crippen molar-refractivity contribution < 1.29 is 0 Å². The minimum atomic E-state index is 0.962. The third-order valence-corrected chi connectivity index (χ3v) is 2.53. The number of hydrogen-bond donors (Lipinski definition) is 0. The van der Waals surface area contributed by atoms with Gasteiger partial charge in [0.05, 0.1) is 0 Å². The summed E-state index contributed by atoms with van der Waals surface area (Å²) in [4.78, 5) is 2.08. The summed E-state index contributed by atoms with van der Waals surface area (Å²) in [6.45, 7) is 13.4. The van der Waals surface area contributed by atoms with Crippen molar-refractivity contribution in [3.63, 3.8) is 0 Å². The zero-order valence-electron chi connectivity index (χ0n) is 10.8. The molecule has 18 heavy (non-hydrogen) atoms. The van der Waals surface area contributed by atoms with Crippen molar-refractivity contribution in [1.82, 2.24) is 0 Å². The first-order chi connectivity index (χ1) is 8.78. The van der Waals surface area contributed by atoms with Crippen LogP contribution in [0.15, 0.2) is 91.8 Å². The van der Waals surface area contributed by atoms with Gasteiger partial charge in [-0.15, -0.1) is 0 Å². The first-order valence-electron chi connectivity index (χ1n) is 5.87. The summed E-state index contributed by atoms with van der Waals surface area (Å²) in [6, 6.07) is 10.1. The zero-order chi connectivity index (χ0) is 13.4. The van der Waals surface area contributed by atoms with Gasteiger partial charge in [-0.2, -0.15) is 0 Å². The van der Waals surface area contributed by atoms with Crippen LogP contribution in [0.3, 0.4) is 0 Å². The maximum Gasteiger partial charge on any atom is 0.0461 e. The standard InChI is InChI=1S/C17H19N/c1-5-12-16(8-4)18(15(6-2)7-3)17-13-10-9-11-14-17/h5-14H,1-2,4H2,3H3/b15-7+,16-12+. The molecule has 0 aliphatic carbocycles. The largest absolute Gasteiger partial charge is 0.311 e. The van der Waals surface area contributed by atoms with Gasteiger partial charge in [0.1, 0.15) is 0 Å². The topological polar surface area (TPSA) is 3.24 Å². The van der Waals surface area contributed by atoms with E-state index >= 15 is 0 Å². The molecule has 92 valence electrons. The summed E-state index contributed by atoms with van der Waals surface area (Å²) in [5.74, 6) is 0. The summed E-state index contributed by atoms with van der Waals surface area (Å²) in [6.07, 6.45) is 9.33. The summed E-state index contributed by atoms with van der Waals surface area (Å²) >= 11 is 0.